The van der Waals surface area contributed by atoms with Crippen molar-refractivity contribution in [3.8, 4) is 0 Å². The predicted molar refractivity (Wildman–Crippen MR) is 59.5 cm³/mol. The normalized spacial score (nSPS) is 34.8. The quantitative estimate of drug-likeness (QED) is 0.732. The molecule has 98 valence electrons. The van der Waals surface area contributed by atoms with Crippen LogP contribution in [0.3, 0.4) is 0 Å². The lowest BCUT2D eigenvalue weighted by Crippen LogP contribution is -2.45. The van der Waals surface area contributed by atoms with Crippen LogP contribution in [0.5, 0.6) is 0 Å². The molecule has 3 unspecified atom stereocenters. The Labute approximate surface area is 101 Å². The zero-order valence-electron chi connectivity index (χ0n) is 10.2. The molecular formula is C12H20O5. The Morgan fingerprint density at radius 1 is 1.59 bits per heavy atom. The number of rotatable bonds is 3. The molecular weight excluding hydrogens is 224 g/mol. The number of carbonyl (C=O) groups is 1. The molecule has 0 saturated carbocycles. The van der Waals surface area contributed by atoms with E-state index in [9.17, 15) is 9.90 Å². The second kappa shape index (κ2) is 5.33. The minimum Gasteiger partial charge on any atom is -0.464 e. The Bertz CT molecular complexity index is 272. The lowest BCUT2D eigenvalue weighted by atomic mass is 9.82. The van der Waals surface area contributed by atoms with Gasteiger partial charge < -0.3 is 19.3 Å². The molecule has 2 rings (SSSR count). The van der Waals surface area contributed by atoms with E-state index in [-0.39, 0.29) is 11.5 Å². The molecule has 0 aromatic rings. The minimum atomic E-state index is -1.03. The third-order valence-electron chi connectivity index (χ3n) is 3.57. The average molecular weight is 244 g/mol. The van der Waals surface area contributed by atoms with Crippen LogP contribution in [0.1, 0.15) is 26.2 Å². The van der Waals surface area contributed by atoms with Gasteiger partial charge in [-0.1, -0.05) is 0 Å². The largest absolute Gasteiger partial charge is 0.464 e. The van der Waals surface area contributed by atoms with Gasteiger partial charge in [-0.25, -0.2) is 4.79 Å². The first-order chi connectivity index (χ1) is 8.17. The molecule has 0 aromatic carbocycles. The molecule has 0 amide bonds. The van der Waals surface area contributed by atoms with Crippen LogP contribution in [0.15, 0.2) is 0 Å². The van der Waals surface area contributed by atoms with E-state index in [4.69, 9.17) is 14.2 Å². The molecule has 2 heterocycles. The van der Waals surface area contributed by atoms with Gasteiger partial charge >= 0.3 is 5.97 Å². The van der Waals surface area contributed by atoms with E-state index in [0.717, 1.165) is 6.42 Å². The van der Waals surface area contributed by atoms with Crippen LogP contribution < -0.4 is 0 Å². The first-order valence-corrected chi connectivity index (χ1v) is 6.23. The lowest BCUT2D eigenvalue weighted by Gasteiger charge is -2.38. The number of hydrogen-bond donors (Lipinski definition) is 1. The third-order valence-corrected chi connectivity index (χ3v) is 3.57. The maximum Gasteiger partial charge on any atom is 0.335 e. The predicted octanol–water partition coefficient (Wildman–Crippen LogP) is 0.496. The lowest BCUT2D eigenvalue weighted by molar-refractivity contribution is -0.164. The Hall–Kier alpha value is -0.650. The topological polar surface area (TPSA) is 65.0 Å². The highest BCUT2D eigenvalue weighted by Gasteiger charge is 2.44. The van der Waals surface area contributed by atoms with Crippen LogP contribution in [0.4, 0.5) is 0 Å². The molecule has 2 fully saturated rings. The maximum atomic E-state index is 11.5. The van der Waals surface area contributed by atoms with Gasteiger partial charge in [0.25, 0.3) is 0 Å². The second-order valence-corrected chi connectivity index (χ2v) is 4.78. The van der Waals surface area contributed by atoms with Crippen molar-refractivity contribution < 1.29 is 24.1 Å². The number of carbonyl (C=O) groups excluding carboxylic acids is 1. The van der Waals surface area contributed by atoms with E-state index < -0.39 is 12.1 Å². The summed E-state index contributed by atoms with van der Waals surface area (Å²) in [5.74, 6) is -0.599. The number of ether oxygens (including phenoxy) is 3. The molecule has 0 aromatic heterocycles. The van der Waals surface area contributed by atoms with Gasteiger partial charge in [-0.2, -0.15) is 0 Å². The highest BCUT2D eigenvalue weighted by atomic mass is 16.6. The summed E-state index contributed by atoms with van der Waals surface area (Å²) in [6.45, 7) is 3.88. The van der Waals surface area contributed by atoms with Gasteiger partial charge in [-0.15, -0.1) is 0 Å². The van der Waals surface area contributed by atoms with E-state index >= 15 is 0 Å². The molecule has 2 aliphatic rings. The second-order valence-electron chi connectivity index (χ2n) is 4.78. The van der Waals surface area contributed by atoms with Crippen LogP contribution in [0, 0.1) is 5.92 Å². The van der Waals surface area contributed by atoms with Crippen molar-refractivity contribution in [3.05, 3.63) is 0 Å². The summed E-state index contributed by atoms with van der Waals surface area (Å²) in [6.07, 6.45) is 1.18. The van der Waals surface area contributed by atoms with E-state index in [2.05, 4.69) is 0 Å². The Balaban J connectivity index is 1.94. The third kappa shape index (κ3) is 2.78. The standard InChI is InChI=1S/C12H20O5/c1-2-16-11(14)10(13)9-3-5-17-12(7-9)4-6-15-8-12/h9-10,13H,2-8H2,1H3. The van der Waals surface area contributed by atoms with E-state index in [1.54, 1.807) is 6.92 Å². The first-order valence-electron chi connectivity index (χ1n) is 6.23. The van der Waals surface area contributed by atoms with Gasteiger partial charge in [-0.3, -0.25) is 0 Å². The van der Waals surface area contributed by atoms with Crippen LogP contribution in [-0.4, -0.2) is 49.2 Å². The van der Waals surface area contributed by atoms with Crippen molar-refractivity contribution in [3.63, 3.8) is 0 Å². The zero-order valence-corrected chi connectivity index (χ0v) is 10.2. The number of aliphatic hydroxyl groups is 1. The Morgan fingerprint density at radius 2 is 2.41 bits per heavy atom. The number of hydrogen-bond acceptors (Lipinski definition) is 5. The van der Waals surface area contributed by atoms with Gasteiger partial charge in [-0.05, 0) is 19.8 Å². The minimum absolute atomic E-state index is 0.0792. The smallest absolute Gasteiger partial charge is 0.335 e. The average Bonchev–Trinajstić information content (AvgIpc) is 2.76. The van der Waals surface area contributed by atoms with E-state index in [1.165, 1.54) is 0 Å². The molecule has 0 radical (unpaired) electrons. The van der Waals surface area contributed by atoms with Gasteiger partial charge in [0.1, 0.15) is 0 Å². The van der Waals surface area contributed by atoms with Crippen molar-refractivity contribution in [2.75, 3.05) is 26.4 Å². The van der Waals surface area contributed by atoms with Gasteiger partial charge in [0, 0.05) is 25.6 Å². The molecule has 5 nitrogen and oxygen atoms in total. The molecule has 3 atom stereocenters. The monoisotopic (exact) mass is 244 g/mol. The van der Waals surface area contributed by atoms with Gasteiger partial charge in [0.05, 0.1) is 18.8 Å². The van der Waals surface area contributed by atoms with Crippen LogP contribution in [0.25, 0.3) is 0 Å². The maximum absolute atomic E-state index is 11.5. The summed E-state index contributed by atoms with van der Waals surface area (Å²) in [5.41, 5.74) is -0.281. The van der Waals surface area contributed by atoms with Crippen LogP contribution >= 0.6 is 0 Å². The molecule has 2 saturated heterocycles. The molecule has 0 aliphatic carbocycles. The van der Waals surface area contributed by atoms with Crippen molar-refractivity contribution in [1.82, 2.24) is 0 Å². The fourth-order valence-electron chi connectivity index (χ4n) is 2.62. The molecule has 5 heteroatoms. The fourth-order valence-corrected chi connectivity index (χ4v) is 2.62. The van der Waals surface area contributed by atoms with E-state index in [0.29, 0.717) is 39.3 Å². The van der Waals surface area contributed by atoms with Crippen molar-refractivity contribution in [2.45, 2.75) is 37.9 Å². The van der Waals surface area contributed by atoms with Gasteiger partial charge in [0.15, 0.2) is 6.10 Å². The Kier molecular flexibility index (Phi) is 4.01. The SMILES string of the molecule is CCOC(=O)C(O)C1CCOC2(CCOC2)C1. The summed E-state index contributed by atoms with van der Waals surface area (Å²) in [4.78, 5) is 11.5. The summed E-state index contributed by atoms with van der Waals surface area (Å²) in [5, 5.41) is 9.95. The molecule has 0 bridgehead atoms. The Morgan fingerprint density at radius 3 is 3.06 bits per heavy atom. The molecule has 17 heavy (non-hydrogen) atoms. The number of esters is 1. The summed E-state index contributed by atoms with van der Waals surface area (Å²) >= 11 is 0. The molecule has 1 N–H and O–H groups in total. The van der Waals surface area contributed by atoms with Crippen molar-refractivity contribution in [2.24, 2.45) is 5.92 Å². The summed E-state index contributed by atoms with van der Waals surface area (Å²) in [7, 11) is 0. The highest BCUT2D eigenvalue weighted by molar-refractivity contribution is 5.74. The van der Waals surface area contributed by atoms with Crippen LogP contribution in [0.2, 0.25) is 0 Å². The summed E-state index contributed by atoms with van der Waals surface area (Å²) < 4.78 is 16.0. The molecule has 1 spiro atoms. The molecule has 2 aliphatic heterocycles. The first kappa shape index (κ1) is 12.8. The van der Waals surface area contributed by atoms with Gasteiger partial charge in [0.2, 0.25) is 0 Å². The fraction of sp³-hybridized carbons (Fsp3) is 0.917. The van der Waals surface area contributed by atoms with Crippen molar-refractivity contribution >= 4 is 5.97 Å². The van der Waals surface area contributed by atoms with Crippen molar-refractivity contribution in [1.29, 1.82) is 0 Å². The zero-order chi connectivity index (χ0) is 12.3. The number of aliphatic hydroxyl groups excluding tert-OH is 1. The highest BCUT2D eigenvalue weighted by Crippen LogP contribution is 2.37. The van der Waals surface area contributed by atoms with Crippen LogP contribution in [-0.2, 0) is 19.0 Å². The summed E-state index contributed by atoms with van der Waals surface area (Å²) in [6, 6.07) is 0. The van der Waals surface area contributed by atoms with E-state index in [1.807, 2.05) is 0 Å².